The van der Waals surface area contributed by atoms with Crippen LogP contribution in [0.5, 0.6) is 0 Å². The molecule has 7 heteroatoms. The van der Waals surface area contributed by atoms with E-state index in [1.807, 2.05) is 29.7 Å². The molecular formula is C19H17Br3N2OS. The second kappa shape index (κ2) is 9.88. The Labute approximate surface area is 182 Å². The number of rotatable bonds is 7. The van der Waals surface area contributed by atoms with Gasteiger partial charge < -0.3 is 4.57 Å². The van der Waals surface area contributed by atoms with E-state index >= 15 is 0 Å². The van der Waals surface area contributed by atoms with Gasteiger partial charge in [0.15, 0.2) is 5.16 Å². The predicted molar refractivity (Wildman–Crippen MR) is 121 cm³/mol. The minimum Gasteiger partial charge on any atom is -0.319 e. The van der Waals surface area contributed by atoms with Crippen LogP contribution >= 0.6 is 59.6 Å². The zero-order valence-electron chi connectivity index (χ0n) is 14.1. The van der Waals surface area contributed by atoms with Gasteiger partial charge in [-0.1, -0.05) is 87.1 Å². The number of hydrogen-bond acceptors (Lipinski definition) is 3. The predicted octanol–water partition coefficient (Wildman–Crippen LogP) is 6.39. The lowest BCUT2D eigenvalue weighted by atomic mass is 10.2. The van der Waals surface area contributed by atoms with Gasteiger partial charge >= 0.3 is 0 Å². The first-order chi connectivity index (χ1) is 12.4. The molecular weight excluding hydrogens is 544 g/mol. The molecule has 0 aliphatic carbocycles. The van der Waals surface area contributed by atoms with E-state index in [9.17, 15) is 4.79 Å². The molecule has 1 heterocycles. The highest BCUT2D eigenvalue weighted by Crippen LogP contribution is 2.28. The zero-order valence-corrected chi connectivity index (χ0v) is 19.7. The molecule has 0 aliphatic heterocycles. The number of halogens is 3. The summed E-state index contributed by atoms with van der Waals surface area (Å²) < 4.78 is 4.38. The lowest BCUT2D eigenvalue weighted by Gasteiger charge is -2.17. The van der Waals surface area contributed by atoms with Crippen LogP contribution in [0, 0.1) is 6.92 Å². The van der Waals surface area contributed by atoms with Gasteiger partial charge in [0.2, 0.25) is 0 Å². The molecule has 0 amide bonds. The lowest BCUT2D eigenvalue weighted by Crippen LogP contribution is -2.20. The minimum atomic E-state index is -0.264. The summed E-state index contributed by atoms with van der Waals surface area (Å²) in [6.07, 6.45) is 3.50. The van der Waals surface area contributed by atoms with Gasteiger partial charge in [-0.15, -0.1) is 0 Å². The summed E-state index contributed by atoms with van der Waals surface area (Å²) in [6.45, 7) is 10.1. The highest BCUT2D eigenvalue weighted by molar-refractivity contribution is 9.12. The second-order valence-corrected chi connectivity index (χ2v) is 8.79. The van der Waals surface area contributed by atoms with Crippen molar-refractivity contribution in [2.24, 2.45) is 0 Å². The van der Waals surface area contributed by atoms with Crippen LogP contribution in [0.2, 0.25) is 0 Å². The molecule has 0 bridgehead atoms. The summed E-state index contributed by atoms with van der Waals surface area (Å²) in [5, 5.41) is 0.662. The van der Waals surface area contributed by atoms with Gasteiger partial charge in [-0.3, -0.25) is 4.79 Å². The molecule has 0 aliphatic rings. The fourth-order valence-electron chi connectivity index (χ4n) is 2.21. The normalized spacial score (nSPS) is 11.8. The highest BCUT2D eigenvalue weighted by atomic mass is 79.9. The maximum atomic E-state index is 12.2. The summed E-state index contributed by atoms with van der Waals surface area (Å²) in [5.74, 6) is 0.699. The minimum absolute atomic E-state index is 0.264. The molecule has 0 unspecified atom stereocenters. The van der Waals surface area contributed by atoms with Crippen LogP contribution in [0.4, 0.5) is 0 Å². The summed E-state index contributed by atoms with van der Waals surface area (Å²) in [4.78, 5) is 16.4. The summed E-state index contributed by atoms with van der Waals surface area (Å²) in [5.41, 5.74) is 2.66. The van der Waals surface area contributed by atoms with Crippen LogP contribution in [0.3, 0.4) is 0 Å². The largest absolute Gasteiger partial charge is 0.319 e. The van der Waals surface area contributed by atoms with E-state index in [0.717, 1.165) is 25.8 Å². The lowest BCUT2D eigenvalue weighted by molar-refractivity contribution is 0.634. The van der Waals surface area contributed by atoms with E-state index in [0.29, 0.717) is 21.9 Å². The Hall–Kier alpha value is -0.890. The van der Waals surface area contributed by atoms with Gasteiger partial charge in [0.25, 0.3) is 5.56 Å². The third-order valence-electron chi connectivity index (χ3n) is 3.71. The molecule has 1 aromatic heterocycles. The Morgan fingerprint density at radius 1 is 1.27 bits per heavy atom. The van der Waals surface area contributed by atoms with Crippen molar-refractivity contribution < 1.29 is 0 Å². The van der Waals surface area contributed by atoms with E-state index in [2.05, 4.69) is 72.0 Å². The van der Waals surface area contributed by atoms with Crippen molar-refractivity contribution in [1.29, 1.82) is 0 Å². The van der Waals surface area contributed by atoms with Crippen molar-refractivity contribution in [1.82, 2.24) is 9.55 Å². The van der Waals surface area contributed by atoms with Gasteiger partial charge in [0, 0.05) is 20.4 Å². The van der Waals surface area contributed by atoms with Gasteiger partial charge in [-0.05, 0) is 40.1 Å². The summed E-state index contributed by atoms with van der Waals surface area (Å²) >= 11 is 11.9. The number of allylic oxidation sites excluding steroid dienone is 4. The maximum Gasteiger partial charge on any atom is 0.288 e. The van der Waals surface area contributed by atoms with E-state index in [4.69, 9.17) is 0 Å². The smallest absolute Gasteiger partial charge is 0.288 e. The molecule has 0 radical (unpaired) electrons. The van der Waals surface area contributed by atoms with Crippen molar-refractivity contribution >= 4 is 59.6 Å². The van der Waals surface area contributed by atoms with Crippen LogP contribution < -0.4 is 5.56 Å². The molecule has 2 aromatic rings. The average Bonchev–Trinajstić information content (AvgIpc) is 2.64. The average molecular weight is 561 g/mol. The standard InChI is InChI=1S/C19H17Br3N2OS/c1-4-13(15(20)5-2)10-24-12(3)17(22)18(25)23-19(24)26-11-14-8-6-7-9-16(14)21/h4-9H,1-2,10-11H2,3H3/b15-13-. The van der Waals surface area contributed by atoms with Crippen LogP contribution in [0.15, 0.2) is 78.5 Å². The molecule has 0 spiro atoms. The highest BCUT2D eigenvalue weighted by Gasteiger charge is 2.15. The summed E-state index contributed by atoms with van der Waals surface area (Å²) in [7, 11) is 0. The Morgan fingerprint density at radius 3 is 2.58 bits per heavy atom. The Kier molecular flexibility index (Phi) is 8.13. The Morgan fingerprint density at radius 2 is 1.96 bits per heavy atom. The Bertz CT molecular complexity index is 935. The van der Waals surface area contributed by atoms with Gasteiger partial charge in [0.05, 0.1) is 6.54 Å². The molecule has 0 saturated carbocycles. The monoisotopic (exact) mass is 558 g/mol. The van der Waals surface area contributed by atoms with Crippen LogP contribution in [0.1, 0.15) is 11.3 Å². The van der Waals surface area contributed by atoms with Crippen LogP contribution in [-0.2, 0) is 12.3 Å². The number of benzene rings is 1. The van der Waals surface area contributed by atoms with Gasteiger partial charge in [0.1, 0.15) is 4.47 Å². The number of aromatic nitrogens is 2. The molecule has 0 saturated heterocycles. The summed E-state index contributed by atoms with van der Waals surface area (Å²) in [6, 6.07) is 8.02. The van der Waals surface area contributed by atoms with Crippen molar-refractivity contribution in [3.05, 3.63) is 90.2 Å². The van der Waals surface area contributed by atoms with Crippen LogP contribution in [0.25, 0.3) is 0 Å². The molecule has 1 aromatic carbocycles. The zero-order chi connectivity index (χ0) is 19.3. The SMILES string of the molecule is C=C/C(Br)=C(\C=C)Cn1c(SCc2ccccc2Br)nc(=O)c(Br)c1C. The van der Waals surface area contributed by atoms with Crippen LogP contribution in [-0.4, -0.2) is 9.55 Å². The number of nitrogens with zero attached hydrogens (tertiary/aromatic N) is 2. The number of thioether (sulfide) groups is 1. The third-order valence-corrected chi connectivity index (χ3v) is 7.26. The first kappa shape index (κ1) is 21.4. The van der Waals surface area contributed by atoms with Crippen molar-refractivity contribution in [3.63, 3.8) is 0 Å². The number of hydrogen-bond donors (Lipinski definition) is 0. The van der Waals surface area contributed by atoms with E-state index in [1.54, 1.807) is 12.2 Å². The fraction of sp³-hybridized carbons (Fsp3) is 0.158. The third kappa shape index (κ3) is 5.09. The molecule has 0 fully saturated rings. The topological polar surface area (TPSA) is 34.9 Å². The van der Waals surface area contributed by atoms with Crippen molar-refractivity contribution in [2.45, 2.75) is 24.4 Å². The van der Waals surface area contributed by atoms with Crippen molar-refractivity contribution in [2.75, 3.05) is 0 Å². The second-order valence-electron chi connectivity index (χ2n) is 5.35. The molecule has 136 valence electrons. The van der Waals surface area contributed by atoms with Gasteiger partial charge in [-0.25, -0.2) is 0 Å². The van der Waals surface area contributed by atoms with E-state index in [-0.39, 0.29) is 5.56 Å². The van der Waals surface area contributed by atoms with Crippen molar-refractivity contribution in [3.8, 4) is 0 Å². The molecule has 26 heavy (non-hydrogen) atoms. The Balaban J connectivity index is 2.45. The quantitative estimate of drug-likeness (QED) is 0.224. The first-order valence-corrected chi connectivity index (χ1v) is 11.0. The molecule has 0 N–H and O–H groups in total. The van der Waals surface area contributed by atoms with E-state index in [1.165, 1.54) is 11.8 Å². The van der Waals surface area contributed by atoms with Gasteiger partial charge in [-0.2, -0.15) is 4.98 Å². The molecule has 0 atom stereocenters. The maximum absolute atomic E-state index is 12.2. The first-order valence-electron chi connectivity index (χ1n) is 7.65. The fourth-order valence-corrected chi connectivity index (χ4v) is 4.45. The molecule has 3 nitrogen and oxygen atoms in total. The van der Waals surface area contributed by atoms with E-state index < -0.39 is 0 Å². The molecule has 2 rings (SSSR count).